The summed E-state index contributed by atoms with van der Waals surface area (Å²) in [6.07, 6.45) is 2.56. The van der Waals surface area contributed by atoms with Gasteiger partial charge in [0.25, 0.3) is 0 Å². The maximum Gasteiger partial charge on any atom is 0.320 e. The van der Waals surface area contributed by atoms with E-state index in [9.17, 15) is 9.59 Å². The Hall–Kier alpha value is -1.10. The maximum absolute atomic E-state index is 11.7. The van der Waals surface area contributed by atoms with E-state index >= 15 is 0 Å². The largest absolute Gasteiger partial charge is 0.480 e. The van der Waals surface area contributed by atoms with E-state index in [1.54, 1.807) is 0 Å². The van der Waals surface area contributed by atoms with Gasteiger partial charge in [-0.1, -0.05) is 13.8 Å². The molecular formula is C12H22N2O3. The standard InChI is InChI=1S/C12H22N2O3/c1-9(2)11(12(16)17)13-6-5-10(15)14-7-3-4-8-14/h9,11,13H,3-8H2,1-2H3,(H,16,17). The predicted molar refractivity (Wildman–Crippen MR) is 64.7 cm³/mol. The fourth-order valence-electron chi connectivity index (χ4n) is 2.07. The summed E-state index contributed by atoms with van der Waals surface area (Å²) in [6.45, 7) is 5.85. The van der Waals surface area contributed by atoms with Gasteiger partial charge in [-0.2, -0.15) is 0 Å². The van der Waals surface area contributed by atoms with Crippen LogP contribution in [0.15, 0.2) is 0 Å². The molecule has 1 atom stereocenters. The highest BCUT2D eigenvalue weighted by molar-refractivity contribution is 5.77. The number of carboxylic acid groups (broad SMARTS) is 1. The van der Waals surface area contributed by atoms with Crippen molar-refractivity contribution in [3.05, 3.63) is 0 Å². The van der Waals surface area contributed by atoms with Crippen LogP contribution in [0.25, 0.3) is 0 Å². The molecule has 0 aromatic rings. The van der Waals surface area contributed by atoms with Crippen LogP contribution in [0.4, 0.5) is 0 Å². The minimum Gasteiger partial charge on any atom is -0.480 e. The topological polar surface area (TPSA) is 69.6 Å². The first-order chi connectivity index (χ1) is 8.02. The van der Waals surface area contributed by atoms with E-state index in [-0.39, 0.29) is 11.8 Å². The highest BCUT2D eigenvalue weighted by Gasteiger charge is 2.22. The second kappa shape index (κ2) is 6.59. The van der Waals surface area contributed by atoms with Crippen molar-refractivity contribution >= 4 is 11.9 Å². The van der Waals surface area contributed by atoms with E-state index in [2.05, 4.69) is 5.32 Å². The zero-order valence-corrected chi connectivity index (χ0v) is 10.6. The molecule has 5 heteroatoms. The first-order valence-electron chi connectivity index (χ1n) is 6.26. The van der Waals surface area contributed by atoms with Crippen LogP contribution in [0.5, 0.6) is 0 Å². The smallest absolute Gasteiger partial charge is 0.320 e. The van der Waals surface area contributed by atoms with Crippen LogP contribution < -0.4 is 5.32 Å². The zero-order valence-electron chi connectivity index (χ0n) is 10.6. The quantitative estimate of drug-likeness (QED) is 0.719. The molecule has 0 bridgehead atoms. The average Bonchev–Trinajstić information content (AvgIpc) is 2.76. The van der Waals surface area contributed by atoms with E-state index in [0.717, 1.165) is 25.9 Å². The molecule has 1 aliphatic rings. The number of likely N-dealkylation sites (tertiary alicyclic amines) is 1. The van der Waals surface area contributed by atoms with Crippen molar-refractivity contribution in [3.63, 3.8) is 0 Å². The number of hydrogen-bond acceptors (Lipinski definition) is 3. The lowest BCUT2D eigenvalue weighted by Crippen LogP contribution is -2.42. The van der Waals surface area contributed by atoms with Gasteiger partial charge in [-0.15, -0.1) is 0 Å². The number of carboxylic acids is 1. The molecule has 1 unspecified atom stereocenters. The van der Waals surface area contributed by atoms with Gasteiger partial charge >= 0.3 is 5.97 Å². The van der Waals surface area contributed by atoms with Crippen LogP contribution in [-0.4, -0.2) is 47.6 Å². The van der Waals surface area contributed by atoms with Gasteiger partial charge in [-0.05, 0) is 18.8 Å². The summed E-state index contributed by atoms with van der Waals surface area (Å²) in [6, 6.07) is -0.568. The molecule has 1 amide bonds. The van der Waals surface area contributed by atoms with Crippen LogP contribution in [0.2, 0.25) is 0 Å². The van der Waals surface area contributed by atoms with Crippen LogP contribution in [0, 0.1) is 5.92 Å². The SMILES string of the molecule is CC(C)C(NCCC(=O)N1CCCC1)C(=O)O. The fraction of sp³-hybridized carbons (Fsp3) is 0.833. The highest BCUT2D eigenvalue weighted by Crippen LogP contribution is 2.08. The number of nitrogens with one attached hydrogen (secondary N) is 1. The van der Waals surface area contributed by atoms with E-state index in [1.807, 2.05) is 18.7 Å². The monoisotopic (exact) mass is 242 g/mol. The Morgan fingerprint density at radius 3 is 2.35 bits per heavy atom. The van der Waals surface area contributed by atoms with Gasteiger partial charge in [0.15, 0.2) is 0 Å². The van der Waals surface area contributed by atoms with Crippen molar-refractivity contribution in [2.45, 2.75) is 39.2 Å². The number of carbonyl (C=O) groups is 2. The Balaban J connectivity index is 2.25. The number of aliphatic carboxylic acids is 1. The van der Waals surface area contributed by atoms with Crippen LogP contribution >= 0.6 is 0 Å². The minimum absolute atomic E-state index is 0.0226. The van der Waals surface area contributed by atoms with Crippen molar-refractivity contribution in [2.24, 2.45) is 5.92 Å². The summed E-state index contributed by atoms with van der Waals surface area (Å²) in [5.41, 5.74) is 0. The molecule has 1 fully saturated rings. The molecule has 17 heavy (non-hydrogen) atoms. The van der Waals surface area contributed by atoms with Gasteiger partial charge in [0.2, 0.25) is 5.91 Å². The molecule has 1 heterocycles. The van der Waals surface area contributed by atoms with Crippen LogP contribution in [0.1, 0.15) is 33.1 Å². The van der Waals surface area contributed by atoms with E-state index in [4.69, 9.17) is 5.11 Å². The Kier molecular flexibility index (Phi) is 5.41. The molecule has 5 nitrogen and oxygen atoms in total. The molecular weight excluding hydrogens is 220 g/mol. The molecule has 1 rings (SSSR count). The van der Waals surface area contributed by atoms with Gasteiger partial charge in [-0.25, -0.2) is 0 Å². The summed E-state index contributed by atoms with van der Waals surface area (Å²) in [5.74, 6) is -0.703. The first-order valence-corrected chi connectivity index (χ1v) is 6.26. The van der Waals surface area contributed by atoms with E-state index in [0.29, 0.717) is 13.0 Å². The van der Waals surface area contributed by atoms with Crippen molar-refractivity contribution in [2.75, 3.05) is 19.6 Å². The number of amides is 1. The van der Waals surface area contributed by atoms with Crippen LogP contribution in [-0.2, 0) is 9.59 Å². The normalized spacial score (nSPS) is 17.5. The third-order valence-corrected chi connectivity index (χ3v) is 3.09. The molecule has 1 saturated heterocycles. The Morgan fingerprint density at radius 2 is 1.88 bits per heavy atom. The van der Waals surface area contributed by atoms with Gasteiger partial charge < -0.3 is 15.3 Å². The predicted octanol–water partition coefficient (Wildman–Crippen LogP) is 0.698. The Morgan fingerprint density at radius 1 is 1.29 bits per heavy atom. The van der Waals surface area contributed by atoms with Crippen molar-refractivity contribution in [1.82, 2.24) is 10.2 Å². The third-order valence-electron chi connectivity index (χ3n) is 3.09. The molecule has 0 saturated carbocycles. The van der Waals surface area contributed by atoms with Gasteiger partial charge in [-0.3, -0.25) is 9.59 Å². The molecule has 0 radical (unpaired) electrons. The summed E-state index contributed by atoms with van der Waals surface area (Å²) in [7, 11) is 0. The van der Waals surface area contributed by atoms with Crippen molar-refractivity contribution in [3.8, 4) is 0 Å². The minimum atomic E-state index is -0.853. The molecule has 0 aliphatic carbocycles. The summed E-state index contributed by atoms with van der Waals surface area (Å²) in [5, 5.41) is 11.9. The van der Waals surface area contributed by atoms with E-state index in [1.165, 1.54) is 0 Å². The highest BCUT2D eigenvalue weighted by atomic mass is 16.4. The van der Waals surface area contributed by atoms with Gasteiger partial charge in [0, 0.05) is 26.1 Å². The van der Waals surface area contributed by atoms with E-state index < -0.39 is 12.0 Å². The number of hydrogen-bond donors (Lipinski definition) is 2. The molecule has 0 aromatic heterocycles. The lowest BCUT2D eigenvalue weighted by Gasteiger charge is -2.19. The first kappa shape index (κ1) is 14.0. The molecule has 2 N–H and O–H groups in total. The molecule has 0 spiro atoms. The second-order valence-electron chi connectivity index (χ2n) is 4.85. The zero-order chi connectivity index (χ0) is 12.8. The van der Waals surface area contributed by atoms with Gasteiger partial charge in [0.05, 0.1) is 0 Å². The maximum atomic E-state index is 11.7. The number of nitrogens with zero attached hydrogens (tertiary/aromatic N) is 1. The molecule has 1 aliphatic heterocycles. The third kappa shape index (κ3) is 4.34. The Bertz CT molecular complexity index is 273. The number of rotatable bonds is 6. The van der Waals surface area contributed by atoms with Gasteiger partial charge in [0.1, 0.15) is 6.04 Å². The van der Waals surface area contributed by atoms with Crippen molar-refractivity contribution < 1.29 is 14.7 Å². The Labute approximate surface area is 102 Å². The lowest BCUT2D eigenvalue weighted by atomic mass is 10.0. The van der Waals surface area contributed by atoms with Crippen LogP contribution in [0.3, 0.4) is 0 Å². The molecule has 0 aromatic carbocycles. The lowest BCUT2D eigenvalue weighted by molar-refractivity contribution is -0.141. The van der Waals surface area contributed by atoms with Crippen molar-refractivity contribution in [1.29, 1.82) is 0 Å². The molecule has 98 valence electrons. The average molecular weight is 242 g/mol. The fourth-order valence-corrected chi connectivity index (χ4v) is 2.07. The summed E-state index contributed by atoms with van der Waals surface area (Å²) >= 11 is 0. The second-order valence-corrected chi connectivity index (χ2v) is 4.85. The summed E-state index contributed by atoms with van der Waals surface area (Å²) in [4.78, 5) is 24.5. The summed E-state index contributed by atoms with van der Waals surface area (Å²) < 4.78 is 0. The number of carbonyl (C=O) groups excluding carboxylic acids is 1.